The summed E-state index contributed by atoms with van der Waals surface area (Å²) in [5.74, 6) is 1.37. The number of anilines is 1. The molecule has 2 aliphatic rings. The summed E-state index contributed by atoms with van der Waals surface area (Å²) in [7, 11) is 1.58. The first kappa shape index (κ1) is 32.7. The van der Waals surface area contributed by atoms with Gasteiger partial charge in [0.05, 0.1) is 24.7 Å². The van der Waals surface area contributed by atoms with Crippen LogP contribution in [-0.4, -0.2) is 51.3 Å². The highest BCUT2D eigenvalue weighted by Gasteiger charge is 2.28. The third-order valence-corrected chi connectivity index (χ3v) is 8.24. The van der Waals surface area contributed by atoms with Gasteiger partial charge in [-0.3, -0.25) is 9.59 Å². The number of aromatic nitrogens is 4. The molecule has 3 aromatic heterocycles. The average Bonchev–Trinajstić information content (AvgIpc) is 3.67. The van der Waals surface area contributed by atoms with Crippen LogP contribution < -0.4 is 20.5 Å². The highest BCUT2D eigenvalue weighted by molar-refractivity contribution is 5.94. The maximum atomic E-state index is 13.4. The number of amides is 1. The molecule has 0 bridgehead atoms. The molecule has 1 aliphatic carbocycles. The Morgan fingerprint density at radius 1 is 1.05 bits per heavy atom. The van der Waals surface area contributed by atoms with E-state index in [4.69, 9.17) is 9.84 Å². The summed E-state index contributed by atoms with van der Waals surface area (Å²) >= 11 is 0. The summed E-state index contributed by atoms with van der Waals surface area (Å²) in [5, 5.41) is 7.78. The molecule has 0 spiro atoms. The maximum absolute atomic E-state index is 13.4. The van der Waals surface area contributed by atoms with Gasteiger partial charge in [0.25, 0.3) is 11.5 Å². The first-order valence-corrected chi connectivity index (χ1v) is 15.7. The zero-order valence-electron chi connectivity index (χ0n) is 26.6. The number of methoxy groups -OCH3 is 1. The Kier molecular flexibility index (Phi) is 11.5. The van der Waals surface area contributed by atoms with E-state index < -0.39 is 0 Å². The molecule has 4 heterocycles. The highest BCUT2D eigenvalue weighted by atomic mass is 19.1. The third-order valence-electron chi connectivity index (χ3n) is 8.24. The average molecular weight is 605 g/mol. The normalized spacial score (nSPS) is 16.5. The minimum Gasteiger partial charge on any atom is -0.495 e. The van der Waals surface area contributed by atoms with E-state index in [1.54, 1.807) is 42.1 Å². The van der Waals surface area contributed by atoms with Crippen molar-refractivity contribution in [3.63, 3.8) is 0 Å². The summed E-state index contributed by atoms with van der Waals surface area (Å²) in [6, 6.07) is 13.4. The van der Waals surface area contributed by atoms with Gasteiger partial charge >= 0.3 is 0 Å². The molecule has 1 N–H and O–H groups in total. The molecule has 4 aromatic rings. The molecule has 44 heavy (non-hydrogen) atoms. The Morgan fingerprint density at radius 3 is 2.43 bits per heavy atom. The predicted octanol–water partition coefficient (Wildman–Crippen LogP) is 5.96. The number of nitrogens with zero attached hydrogens (tertiary/aromatic N) is 5. The van der Waals surface area contributed by atoms with E-state index in [1.807, 2.05) is 44.3 Å². The van der Waals surface area contributed by atoms with Gasteiger partial charge in [0, 0.05) is 31.7 Å². The van der Waals surface area contributed by atoms with E-state index in [1.165, 1.54) is 31.4 Å². The molecule has 1 amide bonds. The van der Waals surface area contributed by atoms with Crippen LogP contribution in [0.3, 0.4) is 0 Å². The molecule has 1 unspecified atom stereocenters. The van der Waals surface area contributed by atoms with Gasteiger partial charge in [-0.25, -0.2) is 13.9 Å². The standard InChI is InChI=1S/C26H34N6O3.C6H5F.C2H6/c1-17-14-27-23-9-10-24(29-32(17)23)30-12-11-20(16-30)28-25(33)21-13-22(35-3)18(2)31(26(21)34)15-19-7-5-4-6-8-19;7-6-4-2-1-3-5-6;1-2/h9-10,13-14,19-20H,4-8,11-12,15-16H2,1-3H3,(H,28,33);1-5H;1-2H3. The Balaban J connectivity index is 0.000000427. The largest absolute Gasteiger partial charge is 0.495 e. The molecule has 236 valence electrons. The minimum absolute atomic E-state index is 0.0672. The summed E-state index contributed by atoms with van der Waals surface area (Å²) < 4.78 is 21.0. The fourth-order valence-electron chi connectivity index (χ4n) is 5.86. The summed E-state index contributed by atoms with van der Waals surface area (Å²) in [5.41, 5.74) is 2.49. The second-order valence-electron chi connectivity index (χ2n) is 11.2. The summed E-state index contributed by atoms with van der Waals surface area (Å²) in [4.78, 5) is 33.1. The predicted molar refractivity (Wildman–Crippen MR) is 172 cm³/mol. The van der Waals surface area contributed by atoms with E-state index in [-0.39, 0.29) is 28.9 Å². The Hall–Kier alpha value is -4.21. The van der Waals surface area contributed by atoms with Crippen molar-refractivity contribution in [3.05, 3.63) is 87.9 Å². The number of nitrogens with one attached hydrogen (secondary N) is 1. The van der Waals surface area contributed by atoms with Crippen molar-refractivity contribution in [2.75, 3.05) is 25.1 Å². The molecule has 1 aliphatic heterocycles. The number of aryl methyl sites for hydroxylation is 1. The molecule has 1 aromatic carbocycles. The molecule has 6 rings (SSSR count). The van der Waals surface area contributed by atoms with Crippen LogP contribution in [-0.2, 0) is 6.54 Å². The van der Waals surface area contributed by atoms with Crippen LogP contribution in [0.1, 0.15) is 74.1 Å². The maximum Gasteiger partial charge on any atom is 0.263 e. The number of benzene rings is 1. The van der Waals surface area contributed by atoms with Crippen molar-refractivity contribution in [2.45, 2.75) is 78.8 Å². The van der Waals surface area contributed by atoms with Gasteiger partial charge in [0.2, 0.25) is 0 Å². The number of pyridine rings is 1. The monoisotopic (exact) mass is 604 g/mol. The van der Waals surface area contributed by atoms with Gasteiger partial charge in [0.15, 0.2) is 5.65 Å². The van der Waals surface area contributed by atoms with Crippen molar-refractivity contribution in [3.8, 4) is 5.75 Å². The second kappa shape index (κ2) is 15.5. The number of imidazole rings is 1. The highest BCUT2D eigenvalue weighted by Crippen LogP contribution is 2.27. The lowest BCUT2D eigenvalue weighted by molar-refractivity contribution is 0.0937. The Bertz CT molecular complexity index is 1580. The van der Waals surface area contributed by atoms with Crippen molar-refractivity contribution < 1.29 is 13.9 Å². The number of hydrogen-bond acceptors (Lipinski definition) is 6. The topological polar surface area (TPSA) is 93.8 Å². The van der Waals surface area contributed by atoms with E-state index >= 15 is 0 Å². The van der Waals surface area contributed by atoms with Gasteiger partial charge in [-0.15, -0.1) is 5.10 Å². The van der Waals surface area contributed by atoms with Crippen LogP contribution in [0.2, 0.25) is 0 Å². The molecule has 1 saturated carbocycles. The Labute approximate surface area is 259 Å². The lowest BCUT2D eigenvalue weighted by Gasteiger charge is -2.24. The number of carbonyl (C=O) groups excluding carboxylic acids is 1. The zero-order valence-corrected chi connectivity index (χ0v) is 26.6. The van der Waals surface area contributed by atoms with Crippen molar-refractivity contribution in [1.82, 2.24) is 24.5 Å². The van der Waals surface area contributed by atoms with Crippen LogP contribution >= 0.6 is 0 Å². The molecular weight excluding hydrogens is 559 g/mol. The number of rotatable bonds is 6. The first-order chi connectivity index (χ1) is 21.3. The molecule has 10 heteroatoms. The lowest BCUT2D eigenvalue weighted by atomic mass is 9.89. The van der Waals surface area contributed by atoms with Crippen molar-refractivity contribution in [2.24, 2.45) is 5.92 Å². The van der Waals surface area contributed by atoms with Crippen LogP contribution in [0, 0.1) is 25.6 Å². The fraction of sp³-hybridized carbons (Fsp3) is 0.471. The number of ether oxygens (including phenoxy) is 1. The molecule has 0 radical (unpaired) electrons. The van der Waals surface area contributed by atoms with Gasteiger partial charge in [-0.1, -0.05) is 51.3 Å². The van der Waals surface area contributed by atoms with Gasteiger partial charge < -0.3 is 19.5 Å². The summed E-state index contributed by atoms with van der Waals surface area (Å²) in [6.45, 7) is 9.92. The Morgan fingerprint density at radius 2 is 1.77 bits per heavy atom. The van der Waals surface area contributed by atoms with E-state index in [0.717, 1.165) is 48.7 Å². The molecule has 1 saturated heterocycles. The van der Waals surface area contributed by atoms with Gasteiger partial charge in [-0.2, -0.15) is 0 Å². The van der Waals surface area contributed by atoms with Crippen LogP contribution in [0.5, 0.6) is 5.75 Å². The van der Waals surface area contributed by atoms with Crippen LogP contribution in [0.15, 0.2) is 59.5 Å². The van der Waals surface area contributed by atoms with Crippen molar-refractivity contribution in [1.29, 1.82) is 0 Å². The molecule has 1 atom stereocenters. The number of carbonyl (C=O) groups is 1. The number of hydrogen-bond donors (Lipinski definition) is 1. The summed E-state index contributed by atoms with van der Waals surface area (Å²) in [6.07, 6.45) is 8.51. The van der Waals surface area contributed by atoms with E-state index in [9.17, 15) is 14.0 Å². The minimum atomic E-state index is -0.341. The molecular formula is C34H45FN6O3. The van der Waals surface area contributed by atoms with Gasteiger partial charge in [-0.05, 0) is 63.3 Å². The third kappa shape index (κ3) is 7.84. The van der Waals surface area contributed by atoms with Crippen molar-refractivity contribution >= 4 is 17.4 Å². The zero-order chi connectivity index (χ0) is 31.6. The van der Waals surface area contributed by atoms with Crippen LogP contribution in [0.25, 0.3) is 5.65 Å². The quantitative estimate of drug-likeness (QED) is 0.292. The van der Waals surface area contributed by atoms with E-state index in [2.05, 4.69) is 15.2 Å². The molecule has 2 fully saturated rings. The lowest BCUT2D eigenvalue weighted by Crippen LogP contribution is -2.41. The van der Waals surface area contributed by atoms with Crippen LogP contribution in [0.4, 0.5) is 10.2 Å². The second-order valence-corrected chi connectivity index (χ2v) is 11.2. The van der Waals surface area contributed by atoms with Gasteiger partial charge in [0.1, 0.15) is 22.9 Å². The van der Waals surface area contributed by atoms with E-state index in [0.29, 0.717) is 24.8 Å². The number of halogens is 1. The first-order valence-electron chi connectivity index (χ1n) is 15.7. The SMILES string of the molecule is CC.COc1cc(C(=O)NC2CCN(c3ccc4ncc(C)n4n3)C2)c(=O)n(CC2CCCCC2)c1C.Fc1ccccc1. The molecule has 9 nitrogen and oxygen atoms in total. The number of fused-ring (bicyclic) bond motifs is 1. The smallest absolute Gasteiger partial charge is 0.263 e. The fourth-order valence-corrected chi connectivity index (χ4v) is 5.86.